The van der Waals surface area contributed by atoms with Gasteiger partial charge in [0.25, 0.3) is 0 Å². The number of aliphatic imine (C=N–C) groups is 3. The molecule has 0 amide bonds. The summed E-state index contributed by atoms with van der Waals surface area (Å²) < 4.78 is 0. The number of amidine groups is 2. The molecule has 1 atom stereocenters. The van der Waals surface area contributed by atoms with Gasteiger partial charge < -0.3 is 0 Å². The first-order chi connectivity index (χ1) is 25.3. The van der Waals surface area contributed by atoms with Gasteiger partial charge >= 0.3 is 0 Å². The van der Waals surface area contributed by atoms with E-state index in [4.69, 9.17) is 9.98 Å². The van der Waals surface area contributed by atoms with Crippen LogP contribution < -0.4 is 0 Å². The van der Waals surface area contributed by atoms with Crippen LogP contribution in [-0.2, 0) is 0 Å². The molecule has 2 aliphatic heterocycles. The standard InChI is InChI=1S/C48H29N3/c1-2-12-34-33(11-1)32(29-21-23-30(24-22-29)47-50-44-20-9-27-49-48(44)51-47)25-26-39(34)43-28-31-10-7-17-40-37-15-5-3-13-35(37)36-14-4-6-16-38(36)41-18-8-19-42(43)46(41)45(31)40/h1-28,44H. The lowest BCUT2D eigenvalue weighted by Gasteiger charge is -2.18. The molecule has 0 aromatic heterocycles. The average Bonchev–Trinajstić information content (AvgIpc) is 3.64. The third-order valence-corrected chi connectivity index (χ3v) is 10.7. The summed E-state index contributed by atoms with van der Waals surface area (Å²) >= 11 is 0. The highest BCUT2D eigenvalue weighted by atomic mass is 15.1. The largest absolute Gasteiger partial charge is 0.250 e. The Morgan fingerprint density at radius 2 is 0.961 bits per heavy atom. The van der Waals surface area contributed by atoms with Gasteiger partial charge in [-0.2, -0.15) is 0 Å². The molecule has 9 aromatic rings. The van der Waals surface area contributed by atoms with Gasteiger partial charge in [0, 0.05) is 11.8 Å². The van der Waals surface area contributed by atoms with Gasteiger partial charge in [-0.25, -0.2) is 9.98 Å². The second kappa shape index (κ2) is 10.9. The molecule has 0 saturated carbocycles. The van der Waals surface area contributed by atoms with Crippen LogP contribution in [0.2, 0.25) is 0 Å². The number of benzene rings is 8. The predicted molar refractivity (Wildman–Crippen MR) is 218 cm³/mol. The van der Waals surface area contributed by atoms with Gasteiger partial charge in [-0.15, -0.1) is 0 Å². The van der Waals surface area contributed by atoms with Crippen molar-refractivity contribution in [2.75, 3.05) is 0 Å². The zero-order valence-electron chi connectivity index (χ0n) is 27.6. The van der Waals surface area contributed by atoms with Crippen LogP contribution in [0.1, 0.15) is 5.56 Å². The first kappa shape index (κ1) is 28.2. The van der Waals surface area contributed by atoms with E-state index < -0.39 is 0 Å². The normalized spacial score (nSPS) is 15.3. The SMILES string of the molecule is C1=CC2N=C(c3ccc(-c4ccc(-c5cc6cccc7c8ccccc8c8ccccc8c8cccc5c8c67)c5ccccc45)cc3)N=C2N=C1. The van der Waals surface area contributed by atoms with Crippen molar-refractivity contribution < 1.29 is 0 Å². The van der Waals surface area contributed by atoms with Crippen LogP contribution in [0, 0.1) is 0 Å². The van der Waals surface area contributed by atoms with E-state index in [1.165, 1.54) is 81.3 Å². The van der Waals surface area contributed by atoms with Crippen LogP contribution in [-0.4, -0.2) is 23.9 Å². The molecule has 9 aromatic carbocycles. The molecule has 3 nitrogen and oxygen atoms in total. The number of dihydropyridines is 1. The van der Waals surface area contributed by atoms with Gasteiger partial charge in [0.15, 0.2) is 11.7 Å². The van der Waals surface area contributed by atoms with Crippen LogP contribution in [0.5, 0.6) is 0 Å². The van der Waals surface area contributed by atoms with E-state index in [0.29, 0.717) is 0 Å². The maximum atomic E-state index is 4.79. The zero-order chi connectivity index (χ0) is 33.5. The summed E-state index contributed by atoms with van der Waals surface area (Å²) in [6, 6.07) is 55.8. The van der Waals surface area contributed by atoms with Crippen molar-refractivity contribution >= 4 is 82.5 Å². The Labute approximate surface area is 294 Å². The lowest BCUT2D eigenvalue weighted by atomic mass is 9.85. The Bertz CT molecular complexity index is 3070. The van der Waals surface area contributed by atoms with E-state index in [1.54, 1.807) is 6.21 Å². The third kappa shape index (κ3) is 4.22. The smallest absolute Gasteiger partial charge is 0.159 e. The topological polar surface area (TPSA) is 37.1 Å². The average molecular weight is 648 g/mol. The van der Waals surface area contributed by atoms with Crippen molar-refractivity contribution in [1.82, 2.24) is 0 Å². The molecule has 236 valence electrons. The molecule has 0 radical (unpaired) electrons. The molecule has 2 aliphatic rings. The predicted octanol–water partition coefficient (Wildman–Crippen LogP) is 12.1. The van der Waals surface area contributed by atoms with Crippen LogP contribution in [0.25, 0.3) is 86.9 Å². The molecule has 0 bridgehead atoms. The van der Waals surface area contributed by atoms with E-state index in [9.17, 15) is 0 Å². The Morgan fingerprint density at radius 3 is 1.67 bits per heavy atom. The molecule has 1 unspecified atom stereocenters. The number of hydrogen-bond acceptors (Lipinski definition) is 3. The van der Waals surface area contributed by atoms with Crippen molar-refractivity contribution in [3.8, 4) is 22.3 Å². The van der Waals surface area contributed by atoms with Crippen LogP contribution in [0.4, 0.5) is 0 Å². The van der Waals surface area contributed by atoms with E-state index in [2.05, 4.69) is 157 Å². The minimum Gasteiger partial charge on any atom is -0.250 e. The number of hydrogen-bond donors (Lipinski definition) is 0. The Hall–Kier alpha value is -6.71. The van der Waals surface area contributed by atoms with E-state index in [1.807, 2.05) is 12.2 Å². The number of rotatable bonds is 3. The molecule has 0 saturated heterocycles. The Kier molecular flexibility index (Phi) is 6.02. The van der Waals surface area contributed by atoms with Crippen molar-refractivity contribution in [2.45, 2.75) is 6.04 Å². The number of allylic oxidation sites excluding steroid dienone is 1. The van der Waals surface area contributed by atoms with E-state index >= 15 is 0 Å². The molecule has 2 heterocycles. The van der Waals surface area contributed by atoms with Crippen LogP contribution >= 0.6 is 0 Å². The zero-order valence-corrected chi connectivity index (χ0v) is 27.6. The summed E-state index contributed by atoms with van der Waals surface area (Å²) in [5, 5.41) is 15.2. The molecule has 0 fully saturated rings. The van der Waals surface area contributed by atoms with Gasteiger partial charge in [0.05, 0.1) is 0 Å². The molecule has 11 rings (SSSR count). The quantitative estimate of drug-likeness (QED) is 0.171. The molecular weight excluding hydrogens is 619 g/mol. The van der Waals surface area contributed by atoms with E-state index in [-0.39, 0.29) is 6.04 Å². The molecule has 3 heteroatoms. The van der Waals surface area contributed by atoms with Crippen molar-refractivity contribution in [3.05, 3.63) is 169 Å². The van der Waals surface area contributed by atoms with Gasteiger partial charge in [-0.3, -0.25) is 4.99 Å². The number of nitrogens with zero attached hydrogens (tertiary/aromatic N) is 3. The van der Waals surface area contributed by atoms with Gasteiger partial charge in [0.2, 0.25) is 0 Å². The monoisotopic (exact) mass is 647 g/mol. The van der Waals surface area contributed by atoms with Gasteiger partial charge in [0.1, 0.15) is 6.04 Å². The second-order valence-corrected chi connectivity index (χ2v) is 13.5. The van der Waals surface area contributed by atoms with Gasteiger partial charge in [-0.05, 0) is 99.0 Å². The first-order valence-corrected chi connectivity index (χ1v) is 17.5. The molecule has 51 heavy (non-hydrogen) atoms. The fourth-order valence-electron chi connectivity index (χ4n) is 8.45. The summed E-state index contributed by atoms with van der Waals surface area (Å²) in [5.74, 6) is 1.50. The highest BCUT2D eigenvalue weighted by Gasteiger charge is 2.22. The molecule has 0 N–H and O–H groups in total. The summed E-state index contributed by atoms with van der Waals surface area (Å²) in [4.78, 5) is 13.9. The van der Waals surface area contributed by atoms with Gasteiger partial charge in [-0.1, -0.05) is 152 Å². The number of fused-ring (bicyclic) bond motifs is 7. The highest BCUT2D eigenvalue weighted by molar-refractivity contribution is 6.34. The lowest BCUT2D eigenvalue weighted by molar-refractivity contribution is 1.09. The highest BCUT2D eigenvalue weighted by Crippen LogP contribution is 2.45. The summed E-state index contributed by atoms with van der Waals surface area (Å²) in [7, 11) is 0. The summed E-state index contributed by atoms with van der Waals surface area (Å²) in [6.07, 6.45) is 5.74. The lowest BCUT2D eigenvalue weighted by Crippen LogP contribution is -2.12. The second-order valence-electron chi connectivity index (χ2n) is 13.5. The van der Waals surface area contributed by atoms with Crippen molar-refractivity contribution in [2.24, 2.45) is 15.0 Å². The molecular formula is C48H29N3. The Balaban J connectivity index is 1.15. The fraction of sp³-hybridized carbons (Fsp3) is 0.0208. The van der Waals surface area contributed by atoms with Crippen molar-refractivity contribution in [1.29, 1.82) is 0 Å². The maximum absolute atomic E-state index is 4.79. The minimum absolute atomic E-state index is 0.0802. The summed E-state index contributed by atoms with van der Waals surface area (Å²) in [5.41, 5.74) is 5.85. The fourth-order valence-corrected chi connectivity index (χ4v) is 8.45. The summed E-state index contributed by atoms with van der Waals surface area (Å²) in [6.45, 7) is 0. The Morgan fingerprint density at radius 1 is 0.412 bits per heavy atom. The first-order valence-electron chi connectivity index (χ1n) is 17.5. The molecule has 0 spiro atoms. The molecule has 0 aliphatic carbocycles. The third-order valence-electron chi connectivity index (χ3n) is 10.7. The minimum atomic E-state index is -0.0802. The van der Waals surface area contributed by atoms with Crippen molar-refractivity contribution in [3.63, 3.8) is 0 Å². The maximum Gasteiger partial charge on any atom is 0.159 e. The van der Waals surface area contributed by atoms with Crippen LogP contribution in [0.15, 0.2) is 179 Å². The van der Waals surface area contributed by atoms with Crippen LogP contribution in [0.3, 0.4) is 0 Å². The van der Waals surface area contributed by atoms with E-state index in [0.717, 1.165) is 22.8 Å².